The lowest BCUT2D eigenvalue weighted by Gasteiger charge is -2.07. The first-order valence-electron chi connectivity index (χ1n) is 5.55. The zero-order valence-electron chi connectivity index (χ0n) is 10.7. The van der Waals surface area contributed by atoms with E-state index in [0.29, 0.717) is 5.56 Å². The van der Waals surface area contributed by atoms with Crippen LogP contribution in [0.25, 0.3) is 0 Å². The van der Waals surface area contributed by atoms with Crippen LogP contribution in [0.5, 0.6) is 0 Å². The van der Waals surface area contributed by atoms with Crippen molar-refractivity contribution in [2.24, 2.45) is 0 Å². The first-order chi connectivity index (χ1) is 9.61. The molecule has 0 heterocycles. The summed E-state index contributed by atoms with van der Waals surface area (Å²) in [5.41, 5.74) is -1.47. The number of rotatable bonds is 4. The monoisotopic (exact) mass is 301 g/mol. The van der Waals surface area contributed by atoms with Crippen molar-refractivity contribution in [1.82, 2.24) is 0 Å². The number of nitrogens with one attached hydrogen (secondary N) is 1. The van der Waals surface area contributed by atoms with Gasteiger partial charge in [0, 0.05) is 17.3 Å². The minimum Gasteiger partial charge on any atom is -0.478 e. The molecule has 5 nitrogen and oxygen atoms in total. The second-order valence-corrected chi connectivity index (χ2v) is 3.98. The van der Waals surface area contributed by atoms with Crippen LogP contribution in [0.4, 0.5) is 18.9 Å². The third-order valence-electron chi connectivity index (χ3n) is 2.37. The number of alkyl halides is 3. The van der Waals surface area contributed by atoms with Crippen LogP contribution in [0.15, 0.2) is 35.9 Å². The van der Waals surface area contributed by atoms with Gasteiger partial charge in [0.1, 0.15) is 5.57 Å². The Hall–Kier alpha value is -2.64. The zero-order valence-corrected chi connectivity index (χ0v) is 10.7. The highest BCUT2D eigenvalue weighted by molar-refractivity contribution is 6.05. The summed E-state index contributed by atoms with van der Waals surface area (Å²) >= 11 is 0. The van der Waals surface area contributed by atoms with Gasteiger partial charge in [-0.25, -0.2) is 4.79 Å². The van der Waals surface area contributed by atoms with Crippen LogP contribution in [0.3, 0.4) is 0 Å². The van der Waals surface area contributed by atoms with E-state index in [0.717, 1.165) is 0 Å². The van der Waals surface area contributed by atoms with Crippen LogP contribution in [-0.4, -0.2) is 28.9 Å². The van der Waals surface area contributed by atoms with E-state index in [9.17, 15) is 27.6 Å². The maximum Gasteiger partial charge on any atom is 0.423 e. The molecule has 0 bridgehead atoms. The molecule has 0 spiro atoms. The second kappa shape index (κ2) is 6.21. The van der Waals surface area contributed by atoms with Crippen molar-refractivity contribution in [3.8, 4) is 0 Å². The van der Waals surface area contributed by atoms with Crippen molar-refractivity contribution in [3.05, 3.63) is 41.5 Å². The van der Waals surface area contributed by atoms with Gasteiger partial charge in [-0.15, -0.1) is 0 Å². The molecule has 0 saturated carbocycles. The van der Waals surface area contributed by atoms with Gasteiger partial charge in [0.05, 0.1) is 0 Å². The number of carbonyl (C=O) groups excluding carboxylic acids is 2. The summed E-state index contributed by atoms with van der Waals surface area (Å²) < 4.78 is 37.0. The van der Waals surface area contributed by atoms with E-state index in [1.165, 1.54) is 31.2 Å². The van der Waals surface area contributed by atoms with E-state index < -0.39 is 23.6 Å². The molecule has 1 amide bonds. The highest BCUT2D eigenvalue weighted by atomic mass is 19.4. The highest BCUT2D eigenvalue weighted by Crippen LogP contribution is 2.25. The fraction of sp³-hybridized carbons (Fsp3) is 0.154. The molecule has 1 aromatic carbocycles. The Morgan fingerprint density at radius 2 is 1.67 bits per heavy atom. The van der Waals surface area contributed by atoms with Gasteiger partial charge in [0.2, 0.25) is 5.91 Å². The van der Waals surface area contributed by atoms with Crippen molar-refractivity contribution < 1.29 is 32.7 Å². The average molecular weight is 301 g/mol. The van der Waals surface area contributed by atoms with Crippen LogP contribution < -0.4 is 5.32 Å². The van der Waals surface area contributed by atoms with Crippen LogP contribution in [0.1, 0.15) is 17.3 Å². The number of carboxylic acid groups (broad SMARTS) is 1. The van der Waals surface area contributed by atoms with E-state index in [1.807, 2.05) is 0 Å². The van der Waals surface area contributed by atoms with Gasteiger partial charge in [0.15, 0.2) is 5.78 Å². The Morgan fingerprint density at radius 1 is 1.14 bits per heavy atom. The number of hydrogen-bond acceptors (Lipinski definition) is 3. The van der Waals surface area contributed by atoms with E-state index in [-0.39, 0.29) is 17.5 Å². The van der Waals surface area contributed by atoms with Crippen molar-refractivity contribution in [3.63, 3.8) is 0 Å². The number of benzene rings is 1. The molecule has 0 saturated heterocycles. The summed E-state index contributed by atoms with van der Waals surface area (Å²) in [6.45, 7) is 1.33. The molecule has 0 radical (unpaired) electrons. The molecule has 1 aromatic rings. The Bertz CT molecular complexity index is 603. The molecule has 2 N–H and O–H groups in total. The first kappa shape index (κ1) is 16.4. The molecule has 8 heteroatoms. The van der Waals surface area contributed by atoms with Gasteiger partial charge >= 0.3 is 12.1 Å². The molecule has 0 aliphatic heterocycles. The Balaban J connectivity index is 2.90. The van der Waals surface area contributed by atoms with Gasteiger partial charge in [-0.3, -0.25) is 9.59 Å². The zero-order chi connectivity index (χ0) is 16.2. The molecule has 0 aliphatic carbocycles. The van der Waals surface area contributed by atoms with Crippen molar-refractivity contribution in [1.29, 1.82) is 0 Å². The highest BCUT2D eigenvalue weighted by Gasteiger charge is 2.39. The van der Waals surface area contributed by atoms with E-state index in [4.69, 9.17) is 5.11 Å². The SMILES string of the molecule is CC(=O)c1ccc(NC(=O)/C=C(/C(=O)O)C(F)(F)F)cc1. The number of Topliss-reactive ketones (excluding diaryl/α,β-unsaturated/α-hetero) is 1. The average Bonchev–Trinajstić information content (AvgIpc) is 2.35. The molecule has 112 valence electrons. The number of halogens is 3. The third-order valence-corrected chi connectivity index (χ3v) is 2.37. The second-order valence-electron chi connectivity index (χ2n) is 3.98. The number of amides is 1. The smallest absolute Gasteiger partial charge is 0.423 e. The predicted molar refractivity (Wildman–Crippen MR) is 66.9 cm³/mol. The van der Waals surface area contributed by atoms with Crippen molar-refractivity contribution >= 4 is 23.3 Å². The minimum atomic E-state index is -5.14. The van der Waals surface area contributed by atoms with Crippen LogP contribution in [-0.2, 0) is 9.59 Å². The number of ketones is 1. The summed E-state index contributed by atoms with van der Waals surface area (Å²) in [7, 11) is 0. The summed E-state index contributed by atoms with van der Waals surface area (Å²) in [6, 6.07) is 5.39. The fourth-order valence-electron chi connectivity index (χ4n) is 1.36. The third kappa shape index (κ3) is 4.75. The normalized spacial score (nSPS) is 11.9. The summed E-state index contributed by atoms with van der Waals surface area (Å²) in [4.78, 5) is 32.8. The van der Waals surface area contributed by atoms with E-state index in [2.05, 4.69) is 5.32 Å². The number of carboxylic acids is 1. The first-order valence-corrected chi connectivity index (χ1v) is 5.55. The van der Waals surface area contributed by atoms with Gasteiger partial charge in [0.25, 0.3) is 0 Å². The largest absolute Gasteiger partial charge is 0.478 e. The molecule has 0 atom stereocenters. The number of carbonyl (C=O) groups is 3. The number of hydrogen-bond donors (Lipinski definition) is 2. The molecule has 0 aromatic heterocycles. The number of anilines is 1. The molecule has 0 fully saturated rings. The van der Waals surface area contributed by atoms with Crippen molar-refractivity contribution in [2.45, 2.75) is 13.1 Å². The molecular weight excluding hydrogens is 291 g/mol. The molecule has 1 rings (SSSR count). The summed E-state index contributed by atoms with van der Waals surface area (Å²) in [5, 5.41) is 10.5. The quantitative estimate of drug-likeness (QED) is 0.660. The fourth-order valence-corrected chi connectivity index (χ4v) is 1.36. The standard InChI is InChI=1S/C13H10F3NO4/c1-7(18)8-2-4-9(5-3-8)17-11(19)6-10(12(20)21)13(14,15)16/h2-6H,1H3,(H,17,19)(H,20,21)/b10-6-. The van der Waals surface area contributed by atoms with Gasteiger partial charge in [-0.2, -0.15) is 13.2 Å². The maximum absolute atomic E-state index is 12.3. The lowest BCUT2D eigenvalue weighted by Crippen LogP contribution is -2.22. The summed E-state index contributed by atoms with van der Waals surface area (Å²) in [5.74, 6) is -3.69. The van der Waals surface area contributed by atoms with Crippen molar-refractivity contribution in [2.75, 3.05) is 5.32 Å². The van der Waals surface area contributed by atoms with Gasteiger partial charge in [-0.05, 0) is 31.2 Å². The Morgan fingerprint density at radius 3 is 2.05 bits per heavy atom. The molecule has 21 heavy (non-hydrogen) atoms. The molecular formula is C13H10F3NO4. The van der Waals surface area contributed by atoms with Crippen LogP contribution in [0.2, 0.25) is 0 Å². The van der Waals surface area contributed by atoms with Gasteiger partial charge < -0.3 is 10.4 Å². The Labute approximate surface area is 117 Å². The lowest BCUT2D eigenvalue weighted by molar-refractivity contribution is -0.145. The predicted octanol–water partition coefficient (Wildman–Crippen LogP) is 2.40. The molecule has 0 aliphatic rings. The summed E-state index contributed by atoms with van der Waals surface area (Å²) in [6.07, 6.45) is -5.18. The van der Waals surface area contributed by atoms with E-state index in [1.54, 1.807) is 0 Å². The van der Waals surface area contributed by atoms with Crippen LogP contribution >= 0.6 is 0 Å². The lowest BCUT2D eigenvalue weighted by atomic mass is 10.1. The minimum absolute atomic E-state index is 0.0405. The van der Waals surface area contributed by atoms with Crippen LogP contribution in [0, 0.1) is 0 Å². The molecule has 0 unspecified atom stereocenters. The number of aliphatic carboxylic acids is 1. The topological polar surface area (TPSA) is 83.5 Å². The van der Waals surface area contributed by atoms with Gasteiger partial charge in [-0.1, -0.05) is 0 Å². The maximum atomic E-state index is 12.3. The Kier molecular flexibility index (Phi) is 4.85. The van der Waals surface area contributed by atoms with E-state index >= 15 is 0 Å².